The van der Waals surface area contributed by atoms with Crippen molar-refractivity contribution in [2.75, 3.05) is 0 Å². The van der Waals surface area contributed by atoms with E-state index in [0.29, 0.717) is 5.75 Å². The molecule has 2 aromatic carbocycles. The van der Waals surface area contributed by atoms with Gasteiger partial charge in [0.2, 0.25) is 0 Å². The number of ether oxygens (including phenoxy) is 1. The van der Waals surface area contributed by atoms with Crippen LogP contribution < -0.4 is 4.74 Å². The number of hydrogen-bond donors (Lipinski definition) is 0. The topological polar surface area (TPSA) is 9.23 Å². The summed E-state index contributed by atoms with van der Waals surface area (Å²) in [5, 5.41) is 0. The van der Waals surface area contributed by atoms with Crippen molar-refractivity contribution in [3.8, 4) is 11.5 Å². The molecule has 0 heterocycles. The largest absolute Gasteiger partial charge is 0.457 e. The fourth-order valence-corrected chi connectivity index (χ4v) is 1.89. The third-order valence-corrected chi connectivity index (χ3v) is 2.89. The van der Waals surface area contributed by atoms with Crippen LogP contribution in [0.5, 0.6) is 11.5 Å². The Morgan fingerprint density at radius 3 is 2.33 bits per heavy atom. The first-order valence-corrected chi connectivity index (χ1v) is 6.22. The van der Waals surface area contributed by atoms with Gasteiger partial charge in [0, 0.05) is 0 Å². The zero-order chi connectivity index (χ0) is 13.0. The zero-order valence-corrected chi connectivity index (χ0v) is 10.7. The summed E-state index contributed by atoms with van der Waals surface area (Å²) >= 11 is 0. The molecule has 2 aromatic rings. The Hall–Kier alpha value is -1.83. The van der Waals surface area contributed by atoms with Crippen LogP contribution in [0, 0.1) is 12.7 Å². The molecule has 0 saturated heterocycles. The molecule has 94 valence electrons. The first kappa shape index (κ1) is 12.6. The number of rotatable bonds is 4. The van der Waals surface area contributed by atoms with Crippen LogP contribution in [0.2, 0.25) is 0 Å². The van der Waals surface area contributed by atoms with Gasteiger partial charge in [-0.3, -0.25) is 0 Å². The van der Waals surface area contributed by atoms with Crippen LogP contribution in [-0.2, 0) is 6.42 Å². The molecule has 2 rings (SSSR count). The van der Waals surface area contributed by atoms with Gasteiger partial charge in [-0.05, 0) is 60.9 Å². The Labute approximate surface area is 107 Å². The van der Waals surface area contributed by atoms with E-state index in [1.165, 1.54) is 23.3 Å². The highest BCUT2D eigenvalue weighted by molar-refractivity contribution is 5.38. The molecule has 0 aliphatic rings. The van der Waals surface area contributed by atoms with Crippen LogP contribution in [-0.4, -0.2) is 0 Å². The summed E-state index contributed by atoms with van der Waals surface area (Å²) in [5.41, 5.74) is 2.58. The van der Waals surface area contributed by atoms with Crippen molar-refractivity contribution >= 4 is 0 Å². The molecule has 0 amide bonds. The normalized spacial score (nSPS) is 10.4. The van der Waals surface area contributed by atoms with Crippen LogP contribution in [0.25, 0.3) is 0 Å². The Kier molecular flexibility index (Phi) is 3.98. The summed E-state index contributed by atoms with van der Waals surface area (Å²) in [4.78, 5) is 0. The van der Waals surface area contributed by atoms with Crippen LogP contribution in [0.1, 0.15) is 24.5 Å². The van der Waals surface area contributed by atoms with E-state index in [0.717, 1.165) is 18.6 Å². The van der Waals surface area contributed by atoms with Gasteiger partial charge in [0.1, 0.15) is 17.3 Å². The molecule has 0 atom stereocenters. The maximum Gasteiger partial charge on any atom is 0.127 e. The lowest BCUT2D eigenvalue weighted by Gasteiger charge is -2.09. The van der Waals surface area contributed by atoms with Gasteiger partial charge < -0.3 is 4.74 Å². The Balaban J connectivity index is 2.18. The molecule has 0 radical (unpaired) electrons. The lowest BCUT2D eigenvalue weighted by Crippen LogP contribution is -1.91. The maximum absolute atomic E-state index is 12.8. The van der Waals surface area contributed by atoms with Crippen molar-refractivity contribution in [3.63, 3.8) is 0 Å². The third-order valence-electron chi connectivity index (χ3n) is 2.89. The molecule has 0 bridgehead atoms. The van der Waals surface area contributed by atoms with E-state index in [9.17, 15) is 4.39 Å². The Bertz CT molecular complexity index is 517. The SMILES string of the molecule is CCCc1cc(Oc2ccc(F)cc2)ccc1C. The van der Waals surface area contributed by atoms with Gasteiger partial charge in [0.15, 0.2) is 0 Å². The van der Waals surface area contributed by atoms with Crippen molar-refractivity contribution in [2.45, 2.75) is 26.7 Å². The quantitative estimate of drug-likeness (QED) is 0.744. The lowest BCUT2D eigenvalue weighted by atomic mass is 10.0. The number of aryl methyl sites for hydroxylation is 2. The van der Waals surface area contributed by atoms with Gasteiger partial charge in [-0.15, -0.1) is 0 Å². The standard InChI is InChI=1S/C16H17FO/c1-3-4-13-11-16(8-5-12(13)2)18-15-9-6-14(17)7-10-15/h5-11H,3-4H2,1-2H3. The first-order valence-electron chi connectivity index (χ1n) is 6.22. The van der Waals surface area contributed by atoms with E-state index in [4.69, 9.17) is 4.74 Å². The van der Waals surface area contributed by atoms with Crippen LogP contribution in [0.15, 0.2) is 42.5 Å². The molecular weight excluding hydrogens is 227 g/mol. The highest BCUT2D eigenvalue weighted by Crippen LogP contribution is 2.24. The predicted octanol–water partition coefficient (Wildman–Crippen LogP) is 4.88. The number of hydrogen-bond acceptors (Lipinski definition) is 1. The molecule has 18 heavy (non-hydrogen) atoms. The molecule has 0 unspecified atom stereocenters. The third kappa shape index (κ3) is 3.10. The lowest BCUT2D eigenvalue weighted by molar-refractivity contribution is 0.479. The molecule has 0 fully saturated rings. The molecule has 0 N–H and O–H groups in total. The average Bonchev–Trinajstić information content (AvgIpc) is 2.37. The van der Waals surface area contributed by atoms with Crippen molar-refractivity contribution in [2.24, 2.45) is 0 Å². The van der Waals surface area contributed by atoms with E-state index >= 15 is 0 Å². The zero-order valence-electron chi connectivity index (χ0n) is 10.7. The molecule has 2 heteroatoms. The minimum absolute atomic E-state index is 0.252. The smallest absolute Gasteiger partial charge is 0.127 e. The van der Waals surface area contributed by atoms with Gasteiger partial charge in [-0.2, -0.15) is 0 Å². The Morgan fingerprint density at radius 2 is 1.67 bits per heavy atom. The fraction of sp³-hybridized carbons (Fsp3) is 0.250. The molecule has 0 aliphatic carbocycles. The number of benzene rings is 2. The summed E-state index contributed by atoms with van der Waals surface area (Å²) < 4.78 is 18.5. The second-order valence-electron chi connectivity index (χ2n) is 4.39. The van der Waals surface area contributed by atoms with E-state index in [2.05, 4.69) is 26.0 Å². The maximum atomic E-state index is 12.8. The highest BCUT2D eigenvalue weighted by Gasteiger charge is 2.02. The highest BCUT2D eigenvalue weighted by atomic mass is 19.1. The summed E-state index contributed by atoms with van der Waals surface area (Å²) in [6.07, 6.45) is 2.16. The first-order chi connectivity index (χ1) is 8.69. The summed E-state index contributed by atoms with van der Waals surface area (Å²) in [6.45, 7) is 4.26. The fourth-order valence-electron chi connectivity index (χ4n) is 1.89. The second-order valence-corrected chi connectivity index (χ2v) is 4.39. The molecule has 0 aromatic heterocycles. The van der Waals surface area contributed by atoms with Crippen molar-refractivity contribution < 1.29 is 9.13 Å². The van der Waals surface area contributed by atoms with Crippen LogP contribution in [0.3, 0.4) is 0 Å². The molecular formula is C16H17FO. The summed E-state index contributed by atoms with van der Waals surface area (Å²) in [5.74, 6) is 1.20. The molecule has 0 aliphatic heterocycles. The number of halogens is 1. The monoisotopic (exact) mass is 244 g/mol. The van der Waals surface area contributed by atoms with Gasteiger partial charge in [0.05, 0.1) is 0 Å². The van der Waals surface area contributed by atoms with Gasteiger partial charge in [-0.1, -0.05) is 19.4 Å². The molecule has 1 nitrogen and oxygen atoms in total. The minimum atomic E-state index is -0.252. The van der Waals surface area contributed by atoms with Gasteiger partial charge in [-0.25, -0.2) is 4.39 Å². The summed E-state index contributed by atoms with van der Waals surface area (Å²) in [7, 11) is 0. The van der Waals surface area contributed by atoms with E-state index < -0.39 is 0 Å². The van der Waals surface area contributed by atoms with E-state index in [1.807, 2.05) is 6.07 Å². The Morgan fingerprint density at radius 1 is 1.00 bits per heavy atom. The van der Waals surface area contributed by atoms with Crippen molar-refractivity contribution in [3.05, 3.63) is 59.4 Å². The van der Waals surface area contributed by atoms with Gasteiger partial charge in [0.25, 0.3) is 0 Å². The molecule has 0 saturated carbocycles. The average molecular weight is 244 g/mol. The van der Waals surface area contributed by atoms with Crippen molar-refractivity contribution in [1.82, 2.24) is 0 Å². The minimum Gasteiger partial charge on any atom is -0.457 e. The summed E-state index contributed by atoms with van der Waals surface area (Å²) in [6, 6.07) is 12.1. The second kappa shape index (κ2) is 5.67. The van der Waals surface area contributed by atoms with Crippen LogP contribution >= 0.6 is 0 Å². The molecule has 0 spiro atoms. The van der Waals surface area contributed by atoms with Gasteiger partial charge >= 0.3 is 0 Å². The van der Waals surface area contributed by atoms with Crippen molar-refractivity contribution in [1.29, 1.82) is 0 Å². The van der Waals surface area contributed by atoms with E-state index in [-0.39, 0.29) is 5.82 Å². The predicted molar refractivity (Wildman–Crippen MR) is 71.6 cm³/mol. The van der Waals surface area contributed by atoms with E-state index in [1.54, 1.807) is 12.1 Å². The van der Waals surface area contributed by atoms with Crippen LogP contribution in [0.4, 0.5) is 4.39 Å².